The molecule has 0 spiro atoms. The fourth-order valence-corrected chi connectivity index (χ4v) is 2.06. The van der Waals surface area contributed by atoms with Crippen LogP contribution in [-0.4, -0.2) is 19.4 Å². The SMILES string of the molecule is C=CC(CCC=N)CCCOCCc1ccccc1. The standard InChI is InChI=1S/C17H25NO/c1-2-16(10-6-13-18)11-7-14-19-15-12-17-8-4-3-5-9-17/h2-5,8-9,13,16,18H,1,6-7,10-12,14-15H2. The van der Waals surface area contributed by atoms with Gasteiger partial charge in [0, 0.05) is 6.61 Å². The second-order valence-electron chi connectivity index (χ2n) is 4.77. The first-order valence-corrected chi connectivity index (χ1v) is 7.10. The zero-order valence-corrected chi connectivity index (χ0v) is 11.7. The van der Waals surface area contributed by atoms with Crippen molar-refractivity contribution < 1.29 is 4.74 Å². The van der Waals surface area contributed by atoms with Crippen molar-refractivity contribution in [3.63, 3.8) is 0 Å². The average molecular weight is 259 g/mol. The lowest BCUT2D eigenvalue weighted by Gasteiger charge is -2.11. The van der Waals surface area contributed by atoms with Gasteiger partial charge in [-0.2, -0.15) is 0 Å². The van der Waals surface area contributed by atoms with Crippen LogP contribution < -0.4 is 0 Å². The van der Waals surface area contributed by atoms with Crippen molar-refractivity contribution in [1.82, 2.24) is 0 Å². The van der Waals surface area contributed by atoms with E-state index in [1.54, 1.807) is 0 Å². The Balaban J connectivity index is 2.01. The Kier molecular flexibility index (Phi) is 8.65. The van der Waals surface area contributed by atoms with Gasteiger partial charge in [-0.05, 0) is 49.8 Å². The van der Waals surface area contributed by atoms with E-state index in [2.05, 4.69) is 30.8 Å². The third-order valence-electron chi connectivity index (χ3n) is 3.26. The predicted octanol–water partition coefficient (Wildman–Crippen LogP) is 4.26. The van der Waals surface area contributed by atoms with Gasteiger partial charge < -0.3 is 10.1 Å². The molecule has 104 valence electrons. The Hall–Kier alpha value is -1.41. The number of hydrogen-bond acceptors (Lipinski definition) is 2. The summed E-state index contributed by atoms with van der Waals surface area (Å²) in [5.41, 5.74) is 1.33. The van der Waals surface area contributed by atoms with Crippen molar-refractivity contribution in [3.8, 4) is 0 Å². The van der Waals surface area contributed by atoms with E-state index in [4.69, 9.17) is 10.1 Å². The maximum Gasteiger partial charge on any atom is 0.0506 e. The molecule has 0 aliphatic rings. The molecule has 1 rings (SSSR count). The van der Waals surface area contributed by atoms with E-state index in [0.717, 1.165) is 45.3 Å². The average Bonchev–Trinajstić information content (AvgIpc) is 2.47. The molecule has 2 heteroatoms. The highest BCUT2D eigenvalue weighted by molar-refractivity contribution is 5.52. The summed E-state index contributed by atoms with van der Waals surface area (Å²) in [4.78, 5) is 0. The molecule has 0 saturated carbocycles. The summed E-state index contributed by atoms with van der Waals surface area (Å²) in [7, 11) is 0. The monoisotopic (exact) mass is 259 g/mol. The van der Waals surface area contributed by atoms with E-state index in [0.29, 0.717) is 5.92 Å². The van der Waals surface area contributed by atoms with Crippen LogP contribution in [0.3, 0.4) is 0 Å². The molecule has 1 aromatic rings. The normalized spacial score (nSPS) is 12.0. The van der Waals surface area contributed by atoms with Gasteiger partial charge in [-0.15, -0.1) is 6.58 Å². The van der Waals surface area contributed by atoms with Crippen molar-refractivity contribution in [3.05, 3.63) is 48.6 Å². The summed E-state index contributed by atoms with van der Waals surface area (Å²) in [5, 5.41) is 7.04. The molecule has 0 aromatic heterocycles. The fourth-order valence-electron chi connectivity index (χ4n) is 2.06. The first-order valence-electron chi connectivity index (χ1n) is 7.10. The molecule has 0 fully saturated rings. The van der Waals surface area contributed by atoms with Crippen molar-refractivity contribution in [2.24, 2.45) is 5.92 Å². The molecular formula is C17H25NO. The molecule has 0 saturated heterocycles. The van der Waals surface area contributed by atoms with Gasteiger partial charge in [0.05, 0.1) is 6.61 Å². The van der Waals surface area contributed by atoms with Gasteiger partial charge in [0.1, 0.15) is 0 Å². The Labute approximate surface area is 117 Å². The first-order chi connectivity index (χ1) is 9.36. The highest BCUT2D eigenvalue weighted by atomic mass is 16.5. The Morgan fingerprint density at radius 3 is 2.63 bits per heavy atom. The first kappa shape index (κ1) is 15.6. The highest BCUT2D eigenvalue weighted by Crippen LogP contribution is 2.13. The number of rotatable bonds is 11. The van der Waals surface area contributed by atoms with E-state index in [9.17, 15) is 0 Å². The van der Waals surface area contributed by atoms with E-state index >= 15 is 0 Å². The van der Waals surface area contributed by atoms with Gasteiger partial charge >= 0.3 is 0 Å². The van der Waals surface area contributed by atoms with Gasteiger partial charge in [-0.3, -0.25) is 0 Å². The van der Waals surface area contributed by atoms with E-state index in [1.165, 1.54) is 11.8 Å². The van der Waals surface area contributed by atoms with Crippen LogP contribution in [0.25, 0.3) is 0 Å². The van der Waals surface area contributed by atoms with Gasteiger partial charge in [0.15, 0.2) is 0 Å². The number of nitrogens with one attached hydrogen (secondary N) is 1. The summed E-state index contributed by atoms with van der Waals surface area (Å²) >= 11 is 0. The summed E-state index contributed by atoms with van der Waals surface area (Å²) in [6, 6.07) is 10.4. The van der Waals surface area contributed by atoms with Crippen molar-refractivity contribution in [2.45, 2.75) is 32.1 Å². The number of allylic oxidation sites excluding steroid dienone is 1. The third kappa shape index (κ3) is 7.58. The van der Waals surface area contributed by atoms with Gasteiger partial charge in [-0.1, -0.05) is 36.4 Å². The Morgan fingerprint density at radius 2 is 1.95 bits per heavy atom. The summed E-state index contributed by atoms with van der Waals surface area (Å²) in [6.07, 6.45) is 8.55. The van der Waals surface area contributed by atoms with Crippen LogP contribution in [0.1, 0.15) is 31.2 Å². The molecule has 1 unspecified atom stereocenters. The quantitative estimate of drug-likeness (QED) is 0.359. The van der Waals surface area contributed by atoms with Crippen LogP contribution >= 0.6 is 0 Å². The lowest BCUT2D eigenvalue weighted by Crippen LogP contribution is -2.03. The van der Waals surface area contributed by atoms with Crippen LogP contribution in [-0.2, 0) is 11.2 Å². The second-order valence-corrected chi connectivity index (χ2v) is 4.77. The smallest absolute Gasteiger partial charge is 0.0506 e. The third-order valence-corrected chi connectivity index (χ3v) is 3.26. The minimum absolute atomic E-state index is 0.527. The van der Waals surface area contributed by atoms with Gasteiger partial charge in [0.2, 0.25) is 0 Å². The largest absolute Gasteiger partial charge is 0.381 e. The van der Waals surface area contributed by atoms with Crippen LogP contribution in [0.4, 0.5) is 0 Å². The number of benzene rings is 1. The molecule has 0 aliphatic carbocycles. The minimum Gasteiger partial charge on any atom is -0.381 e. The Morgan fingerprint density at radius 1 is 1.16 bits per heavy atom. The maximum atomic E-state index is 7.04. The Bertz CT molecular complexity index is 348. The lowest BCUT2D eigenvalue weighted by atomic mass is 9.98. The van der Waals surface area contributed by atoms with Gasteiger partial charge in [0.25, 0.3) is 0 Å². The molecule has 0 heterocycles. The summed E-state index contributed by atoms with van der Waals surface area (Å²) in [6.45, 7) is 5.47. The molecule has 19 heavy (non-hydrogen) atoms. The predicted molar refractivity (Wildman–Crippen MR) is 81.9 cm³/mol. The van der Waals surface area contributed by atoms with E-state index < -0.39 is 0 Å². The van der Waals surface area contributed by atoms with Crippen molar-refractivity contribution >= 4 is 6.21 Å². The molecule has 0 amide bonds. The fraction of sp³-hybridized carbons (Fsp3) is 0.471. The van der Waals surface area contributed by atoms with Crippen LogP contribution in [0.5, 0.6) is 0 Å². The molecule has 0 aliphatic heterocycles. The molecule has 0 bridgehead atoms. The van der Waals surface area contributed by atoms with Crippen LogP contribution in [0.15, 0.2) is 43.0 Å². The topological polar surface area (TPSA) is 33.1 Å². The lowest BCUT2D eigenvalue weighted by molar-refractivity contribution is 0.131. The van der Waals surface area contributed by atoms with Crippen molar-refractivity contribution in [2.75, 3.05) is 13.2 Å². The molecular weight excluding hydrogens is 234 g/mol. The van der Waals surface area contributed by atoms with E-state index in [-0.39, 0.29) is 0 Å². The molecule has 0 radical (unpaired) electrons. The van der Waals surface area contributed by atoms with Crippen molar-refractivity contribution in [1.29, 1.82) is 5.41 Å². The zero-order chi connectivity index (χ0) is 13.8. The highest BCUT2D eigenvalue weighted by Gasteiger charge is 2.02. The second kappa shape index (κ2) is 10.5. The minimum atomic E-state index is 0.527. The summed E-state index contributed by atoms with van der Waals surface area (Å²) in [5.74, 6) is 0.527. The maximum absolute atomic E-state index is 7.04. The molecule has 1 N–H and O–H groups in total. The zero-order valence-electron chi connectivity index (χ0n) is 11.7. The molecule has 1 aromatic carbocycles. The van der Waals surface area contributed by atoms with E-state index in [1.807, 2.05) is 12.1 Å². The number of hydrogen-bond donors (Lipinski definition) is 1. The van der Waals surface area contributed by atoms with Crippen LogP contribution in [0.2, 0.25) is 0 Å². The van der Waals surface area contributed by atoms with Gasteiger partial charge in [-0.25, -0.2) is 0 Å². The summed E-state index contributed by atoms with van der Waals surface area (Å²) < 4.78 is 5.66. The molecule has 1 atom stereocenters. The molecule has 2 nitrogen and oxygen atoms in total. The van der Waals surface area contributed by atoms with Crippen LogP contribution in [0, 0.1) is 11.3 Å². The number of ether oxygens (including phenoxy) is 1.